The van der Waals surface area contributed by atoms with Crippen LogP contribution in [0, 0.1) is 0 Å². The van der Waals surface area contributed by atoms with Gasteiger partial charge in [0.25, 0.3) is 5.91 Å². The number of carbonyl (C=O) groups is 1. The van der Waals surface area contributed by atoms with Crippen LogP contribution in [0.4, 0.5) is 0 Å². The number of hydrogen-bond donors (Lipinski definition) is 0. The van der Waals surface area contributed by atoms with E-state index in [-0.39, 0.29) is 11.5 Å². The molecule has 8 heteroatoms. The highest BCUT2D eigenvalue weighted by atomic mass is 16.4. The molecule has 0 saturated heterocycles. The Morgan fingerprint density at radius 1 is 1.07 bits per heavy atom. The Morgan fingerprint density at radius 3 is 2.83 bits per heavy atom. The SMILES string of the molecule is O=C(c1cc2ccccc2oc1=O)N1CCc2nc(-c3cccnc3)nn2CC1. The van der Waals surface area contributed by atoms with Crippen molar-refractivity contribution in [3.05, 3.63) is 76.7 Å². The van der Waals surface area contributed by atoms with Crippen LogP contribution in [-0.2, 0) is 13.0 Å². The molecule has 1 aliphatic rings. The van der Waals surface area contributed by atoms with Gasteiger partial charge in [-0.2, -0.15) is 5.10 Å². The minimum Gasteiger partial charge on any atom is -0.422 e. The molecule has 0 fully saturated rings. The monoisotopic (exact) mass is 387 g/mol. The summed E-state index contributed by atoms with van der Waals surface area (Å²) in [5, 5.41) is 5.28. The third-order valence-electron chi connectivity index (χ3n) is 5.01. The molecule has 1 aliphatic heterocycles. The van der Waals surface area contributed by atoms with Gasteiger partial charge in [-0.15, -0.1) is 0 Å². The third-order valence-corrected chi connectivity index (χ3v) is 5.01. The van der Waals surface area contributed by atoms with Crippen molar-refractivity contribution in [3.8, 4) is 11.4 Å². The summed E-state index contributed by atoms with van der Waals surface area (Å²) in [6, 6.07) is 12.5. The van der Waals surface area contributed by atoms with E-state index in [2.05, 4.69) is 15.1 Å². The number of pyridine rings is 1. The van der Waals surface area contributed by atoms with Crippen molar-refractivity contribution in [2.24, 2.45) is 0 Å². The number of aromatic nitrogens is 4. The van der Waals surface area contributed by atoms with Gasteiger partial charge in [-0.25, -0.2) is 14.5 Å². The van der Waals surface area contributed by atoms with E-state index >= 15 is 0 Å². The zero-order valence-corrected chi connectivity index (χ0v) is 15.5. The molecule has 0 bridgehead atoms. The summed E-state index contributed by atoms with van der Waals surface area (Å²) >= 11 is 0. The van der Waals surface area contributed by atoms with Crippen LogP contribution >= 0.6 is 0 Å². The van der Waals surface area contributed by atoms with Crippen LogP contribution in [0.1, 0.15) is 16.2 Å². The van der Waals surface area contributed by atoms with E-state index in [4.69, 9.17) is 4.42 Å². The van der Waals surface area contributed by atoms with Crippen LogP contribution in [0.2, 0.25) is 0 Å². The van der Waals surface area contributed by atoms with Crippen LogP contribution in [0.25, 0.3) is 22.4 Å². The van der Waals surface area contributed by atoms with Gasteiger partial charge in [0.1, 0.15) is 17.0 Å². The lowest BCUT2D eigenvalue weighted by Gasteiger charge is -2.19. The van der Waals surface area contributed by atoms with Gasteiger partial charge in [-0.3, -0.25) is 9.78 Å². The number of amides is 1. The summed E-state index contributed by atoms with van der Waals surface area (Å²) in [7, 11) is 0. The molecule has 0 aliphatic carbocycles. The molecule has 0 radical (unpaired) electrons. The Kier molecular flexibility index (Phi) is 4.16. The van der Waals surface area contributed by atoms with Crippen LogP contribution in [0.3, 0.4) is 0 Å². The molecule has 1 aromatic carbocycles. The maximum absolute atomic E-state index is 13.0. The number of rotatable bonds is 2. The number of benzene rings is 1. The second-order valence-corrected chi connectivity index (χ2v) is 6.84. The summed E-state index contributed by atoms with van der Waals surface area (Å²) < 4.78 is 7.13. The van der Waals surface area contributed by atoms with Gasteiger partial charge in [0.05, 0.1) is 6.54 Å². The third kappa shape index (κ3) is 3.18. The standard InChI is InChI=1S/C21H17N5O3/c27-20(16-12-14-4-1-2-6-17(14)29-21(16)28)25-9-7-18-23-19(24-26(18)11-10-25)15-5-3-8-22-13-15/h1-6,8,12-13H,7,9-11H2. The van der Waals surface area contributed by atoms with E-state index < -0.39 is 5.63 Å². The molecule has 3 aromatic heterocycles. The first-order chi connectivity index (χ1) is 14.2. The Bertz CT molecular complexity index is 1240. The zero-order valence-electron chi connectivity index (χ0n) is 15.5. The van der Waals surface area contributed by atoms with Crippen molar-refractivity contribution >= 4 is 16.9 Å². The maximum Gasteiger partial charge on any atom is 0.349 e. The summed E-state index contributed by atoms with van der Waals surface area (Å²) in [6.45, 7) is 1.40. The highest BCUT2D eigenvalue weighted by Crippen LogP contribution is 2.18. The Balaban J connectivity index is 1.38. The zero-order chi connectivity index (χ0) is 19.8. The van der Waals surface area contributed by atoms with E-state index in [0.717, 1.165) is 16.8 Å². The van der Waals surface area contributed by atoms with Crippen LogP contribution in [0.15, 0.2) is 64.1 Å². The lowest BCUT2D eigenvalue weighted by Crippen LogP contribution is -2.36. The molecule has 144 valence electrons. The average Bonchev–Trinajstić information content (AvgIpc) is 3.06. The van der Waals surface area contributed by atoms with Crippen molar-refractivity contribution in [2.45, 2.75) is 13.0 Å². The van der Waals surface area contributed by atoms with Crippen LogP contribution in [-0.4, -0.2) is 43.6 Å². The summed E-state index contributed by atoms with van der Waals surface area (Å²) in [4.78, 5) is 35.7. The molecule has 0 saturated carbocycles. The molecule has 0 N–H and O–H groups in total. The number of carbonyl (C=O) groups excluding carboxylic acids is 1. The normalized spacial score (nSPS) is 13.9. The lowest BCUT2D eigenvalue weighted by atomic mass is 10.1. The van der Waals surface area contributed by atoms with Gasteiger partial charge in [0.15, 0.2) is 5.82 Å². The number of para-hydroxylation sites is 1. The van der Waals surface area contributed by atoms with Gasteiger partial charge >= 0.3 is 5.63 Å². The first-order valence-electron chi connectivity index (χ1n) is 9.35. The maximum atomic E-state index is 13.0. The smallest absolute Gasteiger partial charge is 0.349 e. The topological polar surface area (TPSA) is 94.1 Å². The number of nitrogens with zero attached hydrogens (tertiary/aromatic N) is 5. The molecule has 4 aromatic rings. The van der Waals surface area contributed by atoms with Gasteiger partial charge < -0.3 is 9.32 Å². The van der Waals surface area contributed by atoms with E-state index in [1.165, 1.54) is 0 Å². The summed E-state index contributed by atoms with van der Waals surface area (Å²) in [6.07, 6.45) is 3.99. The van der Waals surface area contributed by atoms with Gasteiger partial charge in [-0.1, -0.05) is 18.2 Å². The van der Waals surface area contributed by atoms with E-state index in [1.54, 1.807) is 35.5 Å². The molecular weight excluding hydrogens is 370 g/mol. The van der Waals surface area contributed by atoms with Crippen LogP contribution in [0.5, 0.6) is 0 Å². The molecular formula is C21H17N5O3. The molecule has 4 heterocycles. The van der Waals surface area contributed by atoms with E-state index in [9.17, 15) is 9.59 Å². The quantitative estimate of drug-likeness (QED) is 0.489. The first-order valence-corrected chi connectivity index (χ1v) is 9.35. The Labute approximate surface area is 165 Å². The molecule has 0 unspecified atom stereocenters. The van der Waals surface area contributed by atoms with Crippen LogP contribution < -0.4 is 5.63 Å². The highest BCUT2D eigenvalue weighted by Gasteiger charge is 2.24. The largest absolute Gasteiger partial charge is 0.422 e. The van der Waals surface area contributed by atoms with Gasteiger partial charge in [0, 0.05) is 42.9 Å². The number of fused-ring (bicyclic) bond motifs is 2. The fourth-order valence-electron chi connectivity index (χ4n) is 3.50. The summed E-state index contributed by atoms with van der Waals surface area (Å²) in [5.41, 5.74) is 0.756. The molecule has 1 amide bonds. The Hall–Kier alpha value is -3.81. The molecule has 0 spiro atoms. The Morgan fingerprint density at radius 2 is 1.97 bits per heavy atom. The second-order valence-electron chi connectivity index (χ2n) is 6.84. The van der Waals surface area contributed by atoms with Crippen molar-refractivity contribution in [1.29, 1.82) is 0 Å². The minimum absolute atomic E-state index is 0.0484. The minimum atomic E-state index is -0.618. The van der Waals surface area contributed by atoms with E-state index in [0.29, 0.717) is 37.5 Å². The average molecular weight is 387 g/mol. The molecule has 29 heavy (non-hydrogen) atoms. The predicted octanol–water partition coefficient (Wildman–Crippen LogP) is 2.15. The van der Waals surface area contributed by atoms with Gasteiger partial charge in [-0.05, 0) is 24.3 Å². The predicted molar refractivity (Wildman–Crippen MR) is 105 cm³/mol. The first kappa shape index (κ1) is 17.3. The second kappa shape index (κ2) is 6.97. The van der Waals surface area contributed by atoms with Crippen molar-refractivity contribution < 1.29 is 9.21 Å². The lowest BCUT2D eigenvalue weighted by molar-refractivity contribution is 0.0754. The molecule has 0 atom stereocenters. The fraction of sp³-hybridized carbons (Fsp3) is 0.190. The van der Waals surface area contributed by atoms with Crippen molar-refractivity contribution in [3.63, 3.8) is 0 Å². The highest BCUT2D eigenvalue weighted by molar-refractivity contribution is 5.96. The molecule has 8 nitrogen and oxygen atoms in total. The number of hydrogen-bond acceptors (Lipinski definition) is 6. The van der Waals surface area contributed by atoms with Crippen molar-refractivity contribution in [1.82, 2.24) is 24.6 Å². The molecule has 5 rings (SSSR count). The van der Waals surface area contributed by atoms with Crippen molar-refractivity contribution in [2.75, 3.05) is 13.1 Å². The fourth-order valence-corrected chi connectivity index (χ4v) is 3.50. The van der Waals surface area contributed by atoms with Gasteiger partial charge in [0.2, 0.25) is 0 Å². The van der Waals surface area contributed by atoms with E-state index in [1.807, 2.05) is 28.9 Å². The summed E-state index contributed by atoms with van der Waals surface area (Å²) in [5.74, 6) is 1.11.